The zero-order chi connectivity index (χ0) is 12.6. The molecule has 0 aromatic carbocycles. The second-order valence-electron chi connectivity index (χ2n) is 3.20. The molecule has 2 heterocycles. The van der Waals surface area contributed by atoms with Gasteiger partial charge in [0.1, 0.15) is 0 Å². The highest BCUT2D eigenvalue weighted by Gasteiger charge is 2.20. The molecule has 0 atom stereocenters. The van der Waals surface area contributed by atoms with Crippen molar-refractivity contribution in [2.45, 2.75) is 5.03 Å². The van der Waals surface area contributed by atoms with Gasteiger partial charge in [0.2, 0.25) is 0 Å². The molecule has 0 saturated heterocycles. The van der Waals surface area contributed by atoms with Gasteiger partial charge in [-0.25, -0.2) is 23.3 Å². The summed E-state index contributed by atoms with van der Waals surface area (Å²) in [6.45, 7) is 0. The molecule has 90 valence electrons. The first kappa shape index (κ1) is 11.5. The first-order valence-corrected chi connectivity index (χ1v) is 5.96. The van der Waals surface area contributed by atoms with Gasteiger partial charge < -0.3 is 4.42 Å². The molecule has 2 aromatic heterocycles. The molecule has 8 nitrogen and oxygen atoms in total. The zero-order valence-electron chi connectivity index (χ0n) is 8.69. The van der Waals surface area contributed by atoms with Crippen molar-refractivity contribution in [3.63, 3.8) is 0 Å². The number of nitrogens with zero attached hydrogens (tertiary/aromatic N) is 3. The fourth-order valence-corrected chi connectivity index (χ4v) is 1.91. The van der Waals surface area contributed by atoms with Crippen molar-refractivity contribution < 1.29 is 12.8 Å². The molecular formula is C8H8N4O4S. The van der Waals surface area contributed by atoms with Crippen LogP contribution in [-0.2, 0) is 17.1 Å². The van der Waals surface area contributed by atoms with E-state index in [0.717, 1.165) is 4.68 Å². The van der Waals surface area contributed by atoms with Crippen molar-refractivity contribution in [3.8, 4) is 11.5 Å². The number of aryl methyl sites for hydroxylation is 1. The number of sulfonamides is 1. The average Bonchev–Trinajstić information content (AvgIpc) is 2.58. The van der Waals surface area contributed by atoms with E-state index in [-0.39, 0.29) is 16.5 Å². The standard InChI is InChI=1S/C8H8N4O4S/c1-12-8(13)16-6(11-12)5-3-2-4-10-7(5)17(9,14)15/h2-4H,1H3,(H2,9,14,15). The summed E-state index contributed by atoms with van der Waals surface area (Å²) in [5, 5.41) is 8.34. The van der Waals surface area contributed by atoms with E-state index in [1.807, 2.05) is 0 Å². The minimum Gasteiger partial charge on any atom is -0.388 e. The molecule has 0 amide bonds. The molecule has 2 N–H and O–H groups in total. The average molecular weight is 256 g/mol. The molecule has 17 heavy (non-hydrogen) atoms. The zero-order valence-corrected chi connectivity index (χ0v) is 9.51. The molecule has 9 heteroatoms. The molecule has 0 aliphatic heterocycles. The normalized spacial score (nSPS) is 11.6. The van der Waals surface area contributed by atoms with Gasteiger partial charge in [0.15, 0.2) is 5.03 Å². The van der Waals surface area contributed by atoms with Crippen molar-refractivity contribution in [2.24, 2.45) is 12.2 Å². The van der Waals surface area contributed by atoms with Gasteiger partial charge in [-0.2, -0.15) is 4.68 Å². The van der Waals surface area contributed by atoms with E-state index in [2.05, 4.69) is 10.1 Å². The highest BCUT2D eigenvalue weighted by atomic mass is 32.2. The van der Waals surface area contributed by atoms with Gasteiger partial charge in [0.05, 0.1) is 5.56 Å². The van der Waals surface area contributed by atoms with Gasteiger partial charge >= 0.3 is 5.76 Å². The van der Waals surface area contributed by atoms with Gasteiger partial charge in [0.25, 0.3) is 15.9 Å². The third-order valence-corrected chi connectivity index (χ3v) is 2.82. The Kier molecular flexibility index (Phi) is 2.56. The lowest BCUT2D eigenvalue weighted by atomic mass is 10.3. The lowest BCUT2D eigenvalue weighted by Gasteiger charge is -2.01. The Hall–Kier alpha value is -2.00. The van der Waals surface area contributed by atoms with E-state index in [9.17, 15) is 13.2 Å². The monoisotopic (exact) mass is 256 g/mol. The Bertz CT molecular complexity index is 715. The van der Waals surface area contributed by atoms with Crippen LogP contribution in [0.5, 0.6) is 0 Å². The topological polar surface area (TPSA) is 121 Å². The van der Waals surface area contributed by atoms with Crippen LogP contribution in [0.3, 0.4) is 0 Å². The summed E-state index contributed by atoms with van der Waals surface area (Å²) in [7, 11) is -2.63. The van der Waals surface area contributed by atoms with E-state index < -0.39 is 15.8 Å². The molecule has 0 fully saturated rings. The fraction of sp³-hybridized carbons (Fsp3) is 0.125. The first-order chi connectivity index (χ1) is 7.89. The maximum Gasteiger partial charge on any atom is 0.437 e. The molecule has 0 aliphatic rings. The summed E-state index contributed by atoms with van der Waals surface area (Å²) < 4.78 is 28.3. The van der Waals surface area contributed by atoms with Crippen LogP contribution in [0, 0.1) is 0 Å². The van der Waals surface area contributed by atoms with Gasteiger partial charge in [-0.15, -0.1) is 5.10 Å². The largest absolute Gasteiger partial charge is 0.437 e. The molecule has 2 rings (SSSR count). The van der Waals surface area contributed by atoms with E-state index in [0.29, 0.717) is 0 Å². The van der Waals surface area contributed by atoms with Crippen LogP contribution in [0.2, 0.25) is 0 Å². The maximum atomic E-state index is 11.3. The summed E-state index contributed by atoms with van der Waals surface area (Å²) >= 11 is 0. The third-order valence-electron chi connectivity index (χ3n) is 1.96. The summed E-state index contributed by atoms with van der Waals surface area (Å²) in [6, 6.07) is 2.89. The first-order valence-electron chi connectivity index (χ1n) is 4.42. The number of primary sulfonamides is 1. The van der Waals surface area contributed by atoms with Crippen molar-refractivity contribution in [2.75, 3.05) is 0 Å². The van der Waals surface area contributed by atoms with Gasteiger partial charge in [-0.1, -0.05) is 0 Å². The number of pyridine rings is 1. The number of hydrogen-bond acceptors (Lipinski definition) is 6. The van der Waals surface area contributed by atoms with Crippen molar-refractivity contribution in [1.29, 1.82) is 0 Å². The van der Waals surface area contributed by atoms with Crippen molar-refractivity contribution in [3.05, 3.63) is 28.9 Å². The molecule has 0 spiro atoms. The maximum absolute atomic E-state index is 11.3. The molecule has 0 saturated carbocycles. The van der Waals surface area contributed by atoms with Crippen LogP contribution < -0.4 is 10.9 Å². The Morgan fingerprint density at radius 1 is 1.47 bits per heavy atom. The highest BCUT2D eigenvalue weighted by Crippen LogP contribution is 2.21. The predicted molar refractivity (Wildman–Crippen MR) is 56.3 cm³/mol. The van der Waals surface area contributed by atoms with E-state index in [1.54, 1.807) is 0 Å². The van der Waals surface area contributed by atoms with Crippen LogP contribution in [0.4, 0.5) is 0 Å². The van der Waals surface area contributed by atoms with E-state index in [1.165, 1.54) is 25.4 Å². The molecule has 2 aromatic rings. The van der Waals surface area contributed by atoms with E-state index in [4.69, 9.17) is 9.56 Å². The highest BCUT2D eigenvalue weighted by molar-refractivity contribution is 7.89. The predicted octanol–water partition coefficient (Wildman–Crippen LogP) is -0.917. The number of hydrogen-bond donors (Lipinski definition) is 1. The molecule has 0 unspecified atom stereocenters. The van der Waals surface area contributed by atoms with Crippen LogP contribution in [0.15, 0.2) is 32.6 Å². The number of aromatic nitrogens is 3. The van der Waals surface area contributed by atoms with Crippen LogP contribution in [0.1, 0.15) is 0 Å². The third kappa shape index (κ3) is 2.10. The second-order valence-corrected chi connectivity index (χ2v) is 4.67. The Morgan fingerprint density at radius 2 is 2.18 bits per heavy atom. The Morgan fingerprint density at radius 3 is 2.71 bits per heavy atom. The molecular weight excluding hydrogens is 248 g/mol. The van der Waals surface area contributed by atoms with Gasteiger partial charge in [-0.05, 0) is 12.1 Å². The lowest BCUT2D eigenvalue weighted by Crippen LogP contribution is -2.15. The van der Waals surface area contributed by atoms with Crippen LogP contribution >= 0.6 is 0 Å². The van der Waals surface area contributed by atoms with Crippen molar-refractivity contribution in [1.82, 2.24) is 14.8 Å². The Labute approximate surface area is 95.7 Å². The Balaban J connectivity index is 2.72. The number of nitrogens with two attached hydrogens (primary N) is 1. The van der Waals surface area contributed by atoms with Crippen molar-refractivity contribution >= 4 is 10.0 Å². The minimum atomic E-state index is -4.01. The van der Waals surface area contributed by atoms with Crippen LogP contribution in [-0.4, -0.2) is 23.2 Å². The fourth-order valence-electron chi connectivity index (χ4n) is 1.24. The smallest absolute Gasteiger partial charge is 0.388 e. The summed E-state index contributed by atoms with van der Waals surface area (Å²) in [6.07, 6.45) is 1.27. The molecule has 0 bridgehead atoms. The summed E-state index contributed by atoms with van der Waals surface area (Å²) in [4.78, 5) is 14.7. The van der Waals surface area contributed by atoms with Gasteiger partial charge in [-0.3, -0.25) is 0 Å². The summed E-state index contributed by atoms with van der Waals surface area (Å²) in [5.74, 6) is -0.848. The number of rotatable bonds is 2. The summed E-state index contributed by atoms with van der Waals surface area (Å²) in [5.41, 5.74) is 0.0488. The second kappa shape index (κ2) is 3.79. The molecule has 0 aliphatic carbocycles. The van der Waals surface area contributed by atoms with E-state index >= 15 is 0 Å². The molecule has 0 radical (unpaired) electrons. The van der Waals surface area contributed by atoms with Gasteiger partial charge in [0, 0.05) is 13.2 Å². The minimum absolute atomic E-state index is 0.0488. The lowest BCUT2D eigenvalue weighted by molar-refractivity contribution is 0.503. The van der Waals surface area contributed by atoms with Crippen LogP contribution in [0.25, 0.3) is 11.5 Å². The SMILES string of the molecule is Cn1nc(-c2cccnc2S(N)(=O)=O)oc1=O. The quantitative estimate of drug-likeness (QED) is 0.741.